The number of hydrogen-bond acceptors (Lipinski definition) is 2. The molecule has 1 saturated heterocycles. The number of nitrogens with zero attached hydrogens (tertiary/aromatic N) is 1. The number of piperidine rings is 1. The second kappa shape index (κ2) is 5.33. The number of benzene rings is 1. The summed E-state index contributed by atoms with van der Waals surface area (Å²) < 4.78 is 0.852. The van der Waals surface area contributed by atoms with Crippen molar-refractivity contribution in [3.05, 3.63) is 33.8 Å². The van der Waals surface area contributed by atoms with Crippen LogP contribution >= 0.6 is 15.9 Å². The third-order valence-corrected chi connectivity index (χ3v) is 4.34. The van der Waals surface area contributed by atoms with Crippen molar-refractivity contribution in [1.29, 1.82) is 0 Å². The van der Waals surface area contributed by atoms with Gasteiger partial charge in [0.15, 0.2) is 0 Å². The second-order valence-corrected chi connectivity index (χ2v) is 5.81. The molecule has 0 bridgehead atoms. The number of aryl methyl sites for hydroxylation is 1. The average molecular weight is 326 g/mol. The van der Waals surface area contributed by atoms with E-state index < -0.39 is 17.9 Å². The Morgan fingerprint density at radius 3 is 2.74 bits per heavy atom. The van der Waals surface area contributed by atoms with Gasteiger partial charge in [0.25, 0.3) is 0 Å². The molecular formula is C14H16BrNO3. The highest BCUT2D eigenvalue weighted by Gasteiger charge is 2.39. The fourth-order valence-electron chi connectivity index (χ4n) is 2.59. The maximum Gasteiger partial charge on any atom is 0.308 e. The Bertz CT molecular complexity index is 529. The fraction of sp³-hybridized carbons (Fsp3) is 0.429. The van der Waals surface area contributed by atoms with E-state index in [0.29, 0.717) is 12.8 Å². The van der Waals surface area contributed by atoms with Gasteiger partial charge in [-0.2, -0.15) is 0 Å². The number of halogens is 1. The number of hydrogen-bond donors (Lipinski definition) is 1. The quantitative estimate of drug-likeness (QED) is 0.909. The fourth-order valence-corrected chi connectivity index (χ4v) is 3.32. The molecule has 0 saturated carbocycles. The van der Waals surface area contributed by atoms with Crippen LogP contribution in [0.4, 0.5) is 0 Å². The molecule has 0 aromatic heterocycles. The van der Waals surface area contributed by atoms with E-state index in [4.69, 9.17) is 0 Å². The van der Waals surface area contributed by atoms with Crippen molar-refractivity contribution in [1.82, 2.24) is 4.90 Å². The second-order valence-electron chi connectivity index (χ2n) is 4.96. The number of likely N-dealkylation sites (tertiary alicyclic amines) is 1. The molecule has 0 aliphatic carbocycles. The molecule has 0 radical (unpaired) electrons. The molecular weight excluding hydrogens is 310 g/mol. The lowest BCUT2D eigenvalue weighted by atomic mass is 9.84. The van der Waals surface area contributed by atoms with Crippen LogP contribution < -0.4 is 0 Å². The summed E-state index contributed by atoms with van der Waals surface area (Å²) in [7, 11) is 1.67. The molecule has 1 aromatic carbocycles. The molecule has 2 atom stereocenters. The van der Waals surface area contributed by atoms with Crippen LogP contribution in [-0.4, -0.2) is 28.9 Å². The van der Waals surface area contributed by atoms with Gasteiger partial charge in [0.2, 0.25) is 5.91 Å². The standard InChI is InChI=1S/C14H16BrNO3/c1-8-3-4-9(11(15)7-8)13-10(14(18)19)5-6-12(17)16(13)2/h3-4,7,10,13H,5-6H2,1-2H3,(H,18,19). The van der Waals surface area contributed by atoms with E-state index in [9.17, 15) is 14.7 Å². The van der Waals surface area contributed by atoms with Crippen LogP contribution in [0.25, 0.3) is 0 Å². The zero-order valence-electron chi connectivity index (χ0n) is 10.9. The third-order valence-electron chi connectivity index (χ3n) is 3.65. The Kier molecular flexibility index (Phi) is 3.94. The minimum Gasteiger partial charge on any atom is -0.481 e. The molecule has 5 heteroatoms. The van der Waals surface area contributed by atoms with Gasteiger partial charge in [-0.05, 0) is 30.5 Å². The lowest BCUT2D eigenvalue weighted by Gasteiger charge is -2.37. The van der Waals surface area contributed by atoms with Gasteiger partial charge in [0.1, 0.15) is 0 Å². The average Bonchev–Trinajstić information content (AvgIpc) is 2.33. The number of carbonyl (C=O) groups excluding carboxylic acids is 1. The Hall–Kier alpha value is -1.36. The molecule has 2 unspecified atom stereocenters. The van der Waals surface area contributed by atoms with Crippen molar-refractivity contribution >= 4 is 27.8 Å². The first-order chi connectivity index (χ1) is 8.91. The summed E-state index contributed by atoms with van der Waals surface area (Å²) in [5.74, 6) is -1.41. The van der Waals surface area contributed by atoms with Crippen LogP contribution in [0.5, 0.6) is 0 Å². The SMILES string of the molecule is Cc1ccc(C2C(C(=O)O)CCC(=O)N2C)c(Br)c1. The normalized spacial score (nSPS) is 23.5. The highest BCUT2D eigenvalue weighted by Crippen LogP contribution is 2.39. The first-order valence-electron chi connectivity index (χ1n) is 6.16. The monoisotopic (exact) mass is 325 g/mol. The number of aliphatic carboxylic acids is 1. The Morgan fingerprint density at radius 1 is 1.47 bits per heavy atom. The molecule has 1 amide bonds. The van der Waals surface area contributed by atoms with Crippen molar-refractivity contribution in [2.75, 3.05) is 7.05 Å². The Morgan fingerprint density at radius 2 is 2.16 bits per heavy atom. The number of amides is 1. The number of carboxylic acid groups (broad SMARTS) is 1. The van der Waals surface area contributed by atoms with Gasteiger partial charge in [0, 0.05) is 17.9 Å². The first kappa shape index (κ1) is 14.1. The maximum atomic E-state index is 11.8. The Balaban J connectivity index is 2.46. The molecule has 102 valence electrons. The van der Waals surface area contributed by atoms with Gasteiger partial charge in [-0.3, -0.25) is 9.59 Å². The van der Waals surface area contributed by atoms with Crippen LogP contribution in [0.1, 0.15) is 30.0 Å². The van der Waals surface area contributed by atoms with Crippen molar-refractivity contribution < 1.29 is 14.7 Å². The van der Waals surface area contributed by atoms with E-state index in [2.05, 4.69) is 15.9 Å². The number of carboxylic acids is 1. The summed E-state index contributed by atoms with van der Waals surface area (Å²) in [6.07, 6.45) is 0.691. The van der Waals surface area contributed by atoms with E-state index in [1.165, 1.54) is 0 Å². The van der Waals surface area contributed by atoms with Gasteiger partial charge in [-0.15, -0.1) is 0 Å². The van der Waals surface area contributed by atoms with E-state index in [-0.39, 0.29) is 5.91 Å². The summed E-state index contributed by atoms with van der Waals surface area (Å²) in [4.78, 5) is 24.8. The first-order valence-corrected chi connectivity index (χ1v) is 6.95. The summed E-state index contributed by atoms with van der Waals surface area (Å²) >= 11 is 3.48. The van der Waals surface area contributed by atoms with E-state index in [1.807, 2.05) is 25.1 Å². The van der Waals surface area contributed by atoms with Crippen molar-refractivity contribution in [2.45, 2.75) is 25.8 Å². The zero-order valence-corrected chi connectivity index (χ0v) is 12.5. The van der Waals surface area contributed by atoms with Gasteiger partial charge in [-0.25, -0.2) is 0 Å². The summed E-state index contributed by atoms with van der Waals surface area (Å²) in [5, 5.41) is 9.37. The Labute approximate surface area is 120 Å². The molecule has 1 aliphatic rings. The summed E-state index contributed by atoms with van der Waals surface area (Å²) in [6, 6.07) is 5.37. The highest BCUT2D eigenvalue weighted by atomic mass is 79.9. The number of rotatable bonds is 2. The van der Waals surface area contributed by atoms with Crippen LogP contribution in [0.15, 0.2) is 22.7 Å². The van der Waals surface area contributed by atoms with E-state index in [1.54, 1.807) is 11.9 Å². The molecule has 1 heterocycles. The molecule has 1 N–H and O–H groups in total. The van der Waals surface area contributed by atoms with Crippen LogP contribution in [0, 0.1) is 12.8 Å². The zero-order chi connectivity index (χ0) is 14.2. The molecule has 1 fully saturated rings. The highest BCUT2D eigenvalue weighted by molar-refractivity contribution is 9.10. The van der Waals surface area contributed by atoms with E-state index >= 15 is 0 Å². The van der Waals surface area contributed by atoms with Gasteiger partial charge in [0.05, 0.1) is 12.0 Å². The smallest absolute Gasteiger partial charge is 0.308 e. The van der Waals surface area contributed by atoms with Crippen molar-refractivity contribution in [2.24, 2.45) is 5.92 Å². The lowest BCUT2D eigenvalue weighted by Crippen LogP contribution is -2.43. The van der Waals surface area contributed by atoms with Gasteiger partial charge >= 0.3 is 5.97 Å². The lowest BCUT2D eigenvalue weighted by molar-refractivity contribution is -0.150. The molecule has 0 spiro atoms. The minimum absolute atomic E-state index is 0.00465. The van der Waals surface area contributed by atoms with Crippen molar-refractivity contribution in [3.63, 3.8) is 0 Å². The topological polar surface area (TPSA) is 57.6 Å². The molecule has 1 aromatic rings. The summed E-state index contributed by atoms with van der Waals surface area (Å²) in [6.45, 7) is 1.97. The van der Waals surface area contributed by atoms with Crippen LogP contribution in [-0.2, 0) is 9.59 Å². The van der Waals surface area contributed by atoms with Gasteiger partial charge < -0.3 is 10.0 Å². The molecule has 4 nitrogen and oxygen atoms in total. The maximum absolute atomic E-state index is 11.8. The van der Waals surface area contributed by atoms with Crippen LogP contribution in [0.2, 0.25) is 0 Å². The largest absolute Gasteiger partial charge is 0.481 e. The summed E-state index contributed by atoms with van der Waals surface area (Å²) in [5.41, 5.74) is 1.95. The van der Waals surface area contributed by atoms with Crippen LogP contribution in [0.3, 0.4) is 0 Å². The third kappa shape index (κ3) is 2.66. The van der Waals surface area contributed by atoms with E-state index in [0.717, 1.165) is 15.6 Å². The predicted octanol–water partition coefficient (Wildman–Crippen LogP) is 2.75. The minimum atomic E-state index is -0.850. The number of carbonyl (C=O) groups is 2. The van der Waals surface area contributed by atoms with Gasteiger partial charge in [-0.1, -0.05) is 28.1 Å². The molecule has 19 heavy (non-hydrogen) atoms. The molecule has 2 rings (SSSR count). The van der Waals surface area contributed by atoms with Crippen molar-refractivity contribution in [3.8, 4) is 0 Å². The predicted molar refractivity (Wildman–Crippen MR) is 74.7 cm³/mol. The molecule has 1 aliphatic heterocycles.